The van der Waals surface area contributed by atoms with Gasteiger partial charge in [0.2, 0.25) is 0 Å². The molecule has 0 saturated carbocycles. The Bertz CT molecular complexity index is 465. The van der Waals surface area contributed by atoms with Crippen LogP contribution < -0.4 is 0 Å². The van der Waals surface area contributed by atoms with Gasteiger partial charge < -0.3 is 9.16 Å². The zero-order valence-electron chi connectivity index (χ0n) is 21.4. The number of unbranched alkanes of at least 4 members (excludes halogenated alkanes) is 12. The van der Waals surface area contributed by atoms with Gasteiger partial charge in [-0.25, -0.2) is 4.79 Å². The molecule has 0 aromatic heterocycles. The molecule has 0 N–H and O–H groups in total. The van der Waals surface area contributed by atoms with E-state index in [2.05, 4.69) is 47.4 Å². The molecule has 0 unspecified atom stereocenters. The molecule has 0 aliphatic heterocycles. The van der Waals surface area contributed by atoms with E-state index in [9.17, 15) is 4.79 Å². The molecule has 0 radical (unpaired) electrons. The molecule has 1 atom stereocenters. The lowest BCUT2D eigenvalue weighted by atomic mass is 10.0. The third kappa shape index (κ3) is 12.9. The van der Waals surface area contributed by atoms with Gasteiger partial charge in [-0.3, -0.25) is 0 Å². The van der Waals surface area contributed by atoms with E-state index in [1.807, 2.05) is 0 Å². The van der Waals surface area contributed by atoms with Crippen LogP contribution in [0, 0.1) is 0 Å². The molecule has 0 rings (SSSR count). The second kappa shape index (κ2) is 16.1. The molecule has 0 aliphatic carbocycles. The predicted molar refractivity (Wildman–Crippen MR) is 134 cm³/mol. The van der Waals surface area contributed by atoms with Crippen molar-refractivity contribution in [3.8, 4) is 0 Å². The minimum atomic E-state index is -1.96. The summed E-state index contributed by atoms with van der Waals surface area (Å²) in [6, 6.07) is 0. The van der Waals surface area contributed by atoms with Crippen molar-refractivity contribution in [2.75, 3.05) is 7.11 Å². The van der Waals surface area contributed by atoms with Gasteiger partial charge in [-0.1, -0.05) is 118 Å². The van der Waals surface area contributed by atoms with Crippen molar-refractivity contribution in [2.24, 2.45) is 0 Å². The van der Waals surface area contributed by atoms with Crippen molar-refractivity contribution in [3.05, 3.63) is 12.2 Å². The van der Waals surface area contributed by atoms with Crippen LogP contribution in [0.5, 0.6) is 0 Å². The van der Waals surface area contributed by atoms with Gasteiger partial charge in [0.05, 0.1) is 18.8 Å². The maximum Gasteiger partial charge on any atom is 0.335 e. The van der Waals surface area contributed by atoms with Gasteiger partial charge in [0, 0.05) is 0 Å². The smallest absolute Gasteiger partial charge is 0.335 e. The topological polar surface area (TPSA) is 35.5 Å². The van der Waals surface area contributed by atoms with E-state index in [1.54, 1.807) is 0 Å². The first-order valence-corrected chi connectivity index (χ1v) is 15.4. The standard InChI is InChI=1S/C26H52O3Si/c1-9-10-11-12-13-14-15-16-17-18-19-20-21-22-24(23(2)25(27)28-6)29-30(7,8)26(3,4)5/h24H,2,9-22H2,1,3-8H3/t24-/m0/s1. The molecule has 0 aromatic carbocycles. The summed E-state index contributed by atoms with van der Waals surface area (Å²) in [4.78, 5) is 12.0. The van der Waals surface area contributed by atoms with Gasteiger partial charge in [0.25, 0.3) is 0 Å². The van der Waals surface area contributed by atoms with Crippen LogP contribution in [0.25, 0.3) is 0 Å². The SMILES string of the molecule is C=C(C(=O)OC)[C@H](CCCCCCCCCCCCCCC)O[Si](C)(C)C(C)(C)C. The third-order valence-electron chi connectivity index (χ3n) is 6.65. The number of methoxy groups -OCH3 is 1. The second-order valence-corrected chi connectivity index (χ2v) is 15.2. The maximum absolute atomic E-state index is 12.0. The minimum absolute atomic E-state index is 0.109. The van der Waals surface area contributed by atoms with Crippen LogP contribution in [0.1, 0.15) is 118 Å². The van der Waals surface area contributed by atoms with Crippen LogP contribution in [0.15, 0.2) is 12.2 Å². The lowest BCUT2D eigenvalue weighted by molar-refractivity contribution is -0.137. The first-order valence-electron chi connectivity index (χ1n) is 12.5. The number of rotatable bonds is 18. The molecular formula is C26H52O3Si. The van der Waals surface area contributed by atoms with E-state index in [0.717, 1.165) is 12.8 Å². The Kier molecular flexibility index (Phi) is 15.8. The van der Waals surface area contributed by atoms with E-state index in [0.29, 0.717) is 5.57 Å². The van der Waals surface area contributed by atoms with E-state index in [-0.39, 0.29) is 17.1 Å². The summed E-state index contributed by atoms with van der Waals surface area (Å²) in [6.45, 7) is 17.4. The molecule has 3 nitrogen and oxygen atoms in total. The number of esters is 1. The summed E-state index contributed by atoms with van der Waals surface area (Å²) in [6.07, 6.45) is 18.0. The van der Waals surface area contributed by atoms with E-state index >= 15 is 0 Å². The van der Waals surface area contributed by atoms with Crippen molar-refractivity contribution >= 4 is 14.3 Å². The summed E-state index contributed by atoms with van der Waals surface area (Å²) in [5.41, 5.74) is 0.473. The molecule has 0 aliphatic rings. The van der Waals surface area contributed by atoms with Crippen molar-refractivity contribution in [2.45, 2.75) is 142 Å². The fourth-order valence-electron chi connectivity index (χ4n) is 3.45. The molecule has 0 spiro atoms. The monoisotopic (exact) mass is 440 g/mol. The van der Waals surface area contributed by atoms with Crippen molar-refractivity contribution < 1.29 is 14.0 Å². The summed E-state index contributed by atoms with van der Waals surface area (Å²) >= 11 is 0. The number of ether oxygens (including phenoxy) is 1. The van der Waals surface area contributed by atoms with Crippen molar-refractivity contribution in [1.29, 1.82) is 0 Å². The Labute approximate surface area is 189 Å². The molecule has 0 amide bonds. The fourth-order valence-corrected chi connectivity index (χ4v) is 4.77. The predicted octanol–water partition coefficient (Wildman–Crippen LogP) is 8.59. The number of hydrogen-bond acceptors (Lipinski definition) is 3. The van der Waals surface area contributed by atoms with E-state index < -0.39 is 8.32 Å². The Morgan fingerprint density at radius 3 is 1.60 bits per heavy atom. The zero-order valence-corrected chi connectivity index (χ0v) is 22.4. The molecular weight excluding hydrogens is 388 g/mol. The van der Waals surface area contributed by atoms with Crippen LogP contribution in [-0.4, -0.2) is 27.5 Å². The normalized spacial score (nSPS) is 13.3. The molecule has 30 heavy (non-hydrogen) atoms. The lowest BCUT2D eigenvalue weighted by Gasteiger charge is -2.39. The van der Waals surface area contributed by atoms with Gasteiger partial charge in [-0.15, -0.1) is 0 Å². The molecule has 178 valence electrons. The zero-order chi connectivity index (χ0) is 23.0. The van der Waals surface area contributed by atoms with Gasteiger partial charge in [-0.2, -0.15) is 0 Å². The summed E-state index contributed by atoms with van der Waals surface area (Å²) in [5, 5.41) is 0.109. The largest absolute Gasteiger partial charge is 0.466 e. The molecule has 0 fully saturated rings. The van der Waals surface area contributed by atoms with Crippen LogP contribution in [0.2, 0.25) is 18.1 Å². The highest BCUT2D eigenvalue weighted by Gasteiger charge is 2.40. The van der Waals surface area contributed by atoms with E-state index in [1.165, 1.54) is 84.2 Å². The van der Waals surface area contributed by atoms with Crippen LogP contribution in [0.4, 0.5) is 0 Å². The third-order valence-corrected chi connectivity index (χ3v) is 11.1. The molecule has 4 heteroatoms. The van der Waals surface area contributed by atoms with Gasteiger partial charge in [0.15, 0.2) is 8.32 Å². The summed E-state index contributed by atoms with van der Waals surface area (Å²) < 4.78 is 11.4. The fraction of sp³-hybridized carbons (Fsp3) is 0.885. The van der Waals surface area contributed by atoms with E-state index in [4.69, 9.17) is 9.16 Å². The maximum atomic E-state index is 12.0. The van der Waals surface area contributed by atoms with Crippen LogP contribution in [-0.2, 0) is 14.0 Å². The van der Waals surface area contributed by atoms with Crippen molar-refractivity contribution in [1.82, 2.24) is 0 Å². The highest BCUT2D eigenvalue weighted by atomic mass is 28.4. The van der Waals surface area contributed by atoms with Crippen molar-refractivity contribution in [3.63, 3.8) is 0 Å². The Morgan fingerprint density at radius 2 is 1.23 bits per heavy atom. The summed E-state index contributed by atoms with van der Waals surface area (Å²) in [5.74, 6) is -0.339. The van der Waals surface area contributed by atoms with Gasteiger partial charge in [0.1, 0.15) is 0 Å². The lowest BCUT2D eigenvalue weighted by Crippen LogP contribution is -2.45. The molecule has 0 heterocycles. The quantitative estimate of drug-likeness (QED) is 0.0926. The molecule has 0 bridgehead atoms. The molecule has 0 saturated heterocycles. The molecule has 0 aromatic rings. The van der Waals surface area contributed by atoms with Gasteiger partial charge >= 0.3 is 5.97 Å². The second-order valence-electron chi connectivity index (χ2n) is 10.4. The first-order chi connectivity index (χ1) is 14.1. The minimum Gasteiger partial charge on any atom is -0.466 e. The number of carbonyl (C=O) groups is 1. The Hall–Kier alpha value is -0.613. The highest BCUT2D eigenvalue weighted by Crippen LogP contribution is 2.38. The number of carbonyl (C=O) groups excluding carboxylic acids is 1. The summed E-state index contributed by atoms with van der Waals surface area (Å²) in [7, 11) is -0.544. The Balaban J connectivity index is 4.12. The average Bonchev–Trinajstić information content (AvgIpc) is 2.68. The highest BCUT2D eigenvalue weighted by molar-refractivity contribution is 6.74. The van der Waals surface area contributed by atoms with Crippen LogP contribution >= 0.6 is 0 Å². The number of hydrogen-bond donors (Lipinski definition) is 0. The van der Waals surface area contributed by atoms with Crippen LogP contribution in [0.3, 0.4) is 0 Å². The average molecular weight is 441 g/mol. The first kappa shape index (κ1) is 29.4. The van der Waals surface area contributed by atoms with Gasteiger partial charge in [-0.05, 0) is 24.6 Å². The Morgan fingerprint density at radius 1 is 0.833 bits per heavy atom.